The van der Waals surface area contributed by atoms with Crippen LogP contribution < -0.4 is 10.1 Å². The Morgan fingerprint density at radius 3 is 2.55 bits per heavy atom. The van der Waals surface area contributed by atoms with Gasteiger partial charge in [-0.2, -0.15) is 0 Å². The van der Waals surface area contributed by atoms with Crippen LogP contribution in [-0.4, -0.2) is 22.4 Å². The summed E-state index contributed by atoms with van der Waals surface area (Å²) >= 11 is 0. The van der Waals surface area contributed by atoms with Gasteiger partial charge in [0.25, 0.3) is 0 Å². The number of aromatic hydroxyl groups is 3. The van der Waals surface area contributed by atoms with Gasteiger partial charge in [0.1, 0.15) is 11.6 Å². The van der Waals surface area contributed by atoms with Crippen molar-refractivity contribution in [1.82, 2.24) is 0 Å². The predicted molar refractivity (Wildman–Crippen MR) is 71.7 cm³/mol. The molecule has 0 aromatic heterocycles. The summed E-state index contributed by atoms with van der Waals surface area (Å²) < 4.78 is 18.1. The summed E-state index contributed by atoms with van der Waals surface area (Å²) in [6.45, 7) is 0.168. The van der Waals surface area contributed by atoms with Crippen LogP contribution in [0.2, 0.25) is 0 Å². The van der Waals surface area contributed by atoms with Gasteiger partial charge < -0.3 is 25.4 Å². The standard InChI is InChI=1S/C14H14FNO4/c1-20-12-6-9(15)3-4-10(12)16-7-8-2-5-11(17)14(19)13(8)18/h2-6,16-19H,7H2,1H3. The summed E-state index contributed by atoms with van der Waals surface area (Å²) in [7, 11) is 1.42. The lowest BCUT2D eigenvalue weighted by Gasteiger charge is -2.12. The molecule has 0 amide bonds. The summed E-state index contributed by atoms with van der Waals surface area (Å²) in [6, 6.07) is 6.75. The summed E-state index contributed by atoms with van der Waals surface area (Å²) in [5.41, 5.74) is 0.924. The zero-order valence-electron chi connectivity index (χ0n) is 10.7. The van der Waals surface area contributed by atoms with Gasteiger partial charge in [-0.05, 0) is 24.3 Å². The first kappa shape index (κ1) is 13.8. The highest BCUT2D eigenvalue weighted by Crippen LogP contribution is 2.37. The largest absolute Gasteiger partial charge is 0.504 e. The van der Waals surface area contributed by atoms with Crippen molar-refractivity contribution in [3.05, 3.63) is 41.7 Å². The Morgan fingerprint density at radius 2 is 1.85 bits per heavy atom. The summed E-state index contributed by atoms with van der Waals surface area (Å²) in [4.78, 5) is 0. The normalized spacial score (nSPS) is 10.3. The number of benzene rings is 2. The number of phenols is 3. The topological polar surface area (TPSA) is 82.0 Å². The van der Waals surface area contributed by atoms with Crippen LogP contribution in [0.5, 0.6) is 23.0 Å². The molecule has 106 valence electrons. The van der Waals surface area contributed by atoms with E-state index in [0.717, 1.165) is 0 Å². The lowest BCUT2D eigenvalue weighted by atomic mass is 10.1. The molecule has 0 atom stereocenters. The van der Waals surface area contributed by atoms with Gasteiger partial charge in [-0.3, -0.25) is 0 Å². The first-order valence-electron chi connectivity index (χ1n) is 5.83. The molecule has 0 saturated heterocycles. The number of anilines is 1. The number of ether oxygens (including phenoxy) is 1. The second kappa shape index (κ2) is 5.56. The van der Waals surface area contributed by atoms with Crippen LogP contribution in [0, 0.1) is 5.82 Å². The highest BCUT2D eigenvalue weighted by molar-refractivity contribution is 5.58. The van der Waals surface area contributed by atoms with Gasteiger partial charge in [0, 0.05) is 18.2 Å². The maximum atomic E-state index is 13.1. The van der Waals surface area contributed by atoms with Crippen LogP contribution >= 0.6 is 0 Å². The minimum atomic E-state index is -0.574. The summed E-state index contributed by atoms with van der Waals surface area (Å²) in [5, 5.41) is 31.3. The van der Waals surface area contributed by atoms with Gasteiger partial charge in [-0.1, -0.05) is 0 Å². The van der Waals surface area contributed by atoms with Crippen LogP contribution in [-0.2, 0) is 6.54 Å². The Balaban J connectivity index is 2.19. The molecular weight excluding hydrogens is 265 g/mol. The van der Waals surface area contributed by atoms with E-state index in [1.54, 1.807) is 0 Å². The molecule has 2 aromatic rings. The van der Waals surface area contributed by atoms with Crippen LogP contribution in [0.15, 0.2) is 30.3 Å². The van der Waals surface area contributed by atoms with E-state index in [2.05, 4.69) is 5.32 Å². The van der Waals surface area contributed by atoms with E-state index in [-0.39, 0.29) is 6.54 Å². The summed E-state index contributed by atoms with van der Waals surface area (Å²) in [6.07, 6.45) is 0. The van der Waals surface area contributed by atoms with Crippen LogP contribution in [0.1, 0.15) is 5.56 Å². The molecule has 0 aliphatic rings. The van der Waals surface area contributed by atoms with Gasteiger partial charge in [0.05, 0.1) is 12.8 Å². The minimum Gasteiger partial charge on any atom is -0.504 e. The third-order valence-corrected chi connectivity index (χ3v) is 2.85. The van der Waals surface area contributed by atoms with Crippen molar-refractivity contribution in [3.8, 4) is 23.0 Å². The Hall–Kier alpha value is -2.63. The lowest BCUT2D eigenvalue weighted by Crippen LogP contribution is -2.02. The molecule has 0 saturated carbocycles. The second-order valence-corrected chi connectivity index (χ2v) is 4.14. The molecule has 2 rings (SSSR count). The fourth-order valence-electron chi connectivity index (χ4n) is 1.75. The number of hydrogen-bond donors (Lipinski definition) is 4. The molecule has 6 heteroatoms. The molecule has 20 heavy (non-hydrogen) atoms. The fraction of sp³-hybridized carbons (Fsp3) is 0.143. The average Bonchev–Trinajstić information content (AvgIpc) is 2.45. The smallest absolute Gasteiger partial charge is 0.200 e. The SMILES string of the molecule is COc1cc(F)ccc1NCc1ccc(O)c(O)c1O. The lowest BCUT2D eigenvalue weighted by molar-refractivity contribution is 0.365. The van der Waals surface area contributed by atoms with E-state index >= 15 is 0 Å². The number of rotatable bonds is 4. The van der Waals surface area contributed by atoms with E-state index < -0.39 is 23.1 Å². The molecule has 5 nitrogen and oxygen atoms in total. The Bertz CT molecular complexity index is 631. The van der Waals surface area contributed by atoms with E-state index in [9.17, 15) is 19.7 Å². The van der Waals surface area contributed by atoms with Crippen molar-refractivity contribution in [3.63, 3.8) is 0 Å². The first-order chi connectivity index (χ1) is 9.52. The maximum absolute atomic E-state index is 13.1. The Kier molecular flexibility index (Phi) is 3.84. The van der Waals surface area contributed by atoms with E-state index in [4.69, 9.17) is 4.74 Å². The van der Waals surface area contributed by atoms with Crippen molar-refractivity contribution in [2.24, 2.45) is 0 Å². The maximum Gasteiger partial charge on any atom is 0.200 e. The average molecular weight is 279 g/mol. The zero-order valence-corrected chi connectivity index (χ0v) is 10.7. The molecule has 0 heterocycles. The molecule has 2 aromatic carbocycles. The van der Waals surface area contributed by atoms with Crippen LogP contribution in [0.3, 0.4) is 0 Å². The van der Waals surface area contributed by atoms with Crippen molar-refractivity contribution in [1.29, 1.82) is 0 Å². The Morgan fingerprint density at radius 1 is 1.10 bits per heavy atom. The Labute approximate surface area is 114 Å². The molecule has 0 aliphatic heterocycles. The number of halogens is 1. The van der Waals surface area contributed by atoms with Crippen LogP contribution in [0.4, 0.5) is 10.1 Å². The number of phenolic OH excluding ortho intramolecular Hbond substituents is 3. The number of hydrogen-bond acceptors (Lipinski definition) is 5. The van der Waals surface area contributed by atoms with Gasteiger partial charge in [0.15, 0.2) is 11.5 Å². The van der Waals surface area contributed by atoms with Crippen LogP contribution in [0.25, 0.3) is 0 Å². The van der Waals surface area contributed by atoms with E-state index in [0.29, 0.717) is 17.0 Å². The van der Waals surface area contributed by atoms with E-state index in [1.807, 2.05) is 0 Å². The van der Waals surface area contributed by atoms with Crippen molar-refractivity contribution < 1.29 is 24.4 Å². The molecule has 0 unspecified atom stereocenters. The number of methoxy groups -OCH3 is 1. The van der Waals surface area contributed by atoms with Crippen molar-refractivity contribution in [2.75, 3.05) is 12.4 Å². The molecular formula is C14H14FNO4. The zero-order chi connectivity index (χ0) is 14.7. The highest BCUT2D eigenvalue weighted by Gasteiger charge is 2.11. The van der Waals surface area contributed by atoms with Gasteiger partial charge in [-0.25, -0.2) is 4.39 Å². The van der Waals surface area contributed by atoms with Crippen molar-refractivity contribution in [2.45, 2.75) is 6.54 Å². The fourth-order valence-corrected chi connectivity index (χ4v) is 1.75. The van der Waals surface area contributed by atoms with Crippen molar-refractivity contribution >= 4 is 5.69 Å². The first-order valence-corrected chi connectivity index (χ1v) is 5.83. The molecule has 4 N–H and O–H groups in total. The molecule has 0 spiro atoms. The van der Waals surface area contributed by atoms with E-state index in [1.165, 1.54) is 37.4 Å². The third kappa shape index (κ3) is 2.69. The molecule has 0 bridgehead atoms. The monoisotopic (exact) mass is 279 g/mol. The second-order valence-electron chi connectivity index (χ2n) is 4.14. The van der Waals surface area contributed by atoms with Gasteiger partial charge >= 0.3 is 0 Å². The molecule has 0 aliphatic carbocycles. The van der Waals surface area contributed by atoms with Gasteiger partial charge in [0.2, 0.25) is 5.75 Å². The minimum absolute atomic E-state index is 0.168. The summed E-state index contributed by atoms with van der Waals surface area (Å²) in [5.74, 6) is -1.47. The molecule has 0 radical (unpaired) electrons. The third-order valence-electron chi connectivity index (χ3n) is 2.85. The highest BCUT2D eigenvalue weighted by atomic mass is 19.1. The predicted octanol–water partition coefficient (Wildman–Crippen LogP) is 2.56. The molecule has 0 fully saturated rings. The van der Waals surface area contributed by atoms with Gasteiger partial charge in [-0.15, -0.1) is 0 Å². The number of nitrogens with one attached hydrogen (secondary N) is 1. The quantitative estimate of drug-likeness (QED) is 0.647.